The van der Waals surface area contributed by atoms with E-state index in [1.807, 2.05) is 0 Å². The fraction of sp³-hybridized carbons (Fsp3) is 0.0714. The van der Waals surface area contributed by atoms with E-state index in [9.17, 15) is 14.8 Å². The maximum atomic E-state index is 11.8. The number of nitrogens with zero attached hydrogens (tertiary/aromatic N) is 1. The molecule has 20 heavy (non-hydrogen) atoms. The first-order valence-corrected chi connectivity index (χ1v) is 6.09. The lowest BCUT2D eigenvalue weighted by Crippen LogP contribution is -2.24. The van der Waals surface area contributed by atoms with Crippen molar-refractivity contribution < 1.29 is 19.1 Å². The van der Waals surface area contributed by atoms with Crippen LogP contribution in [0.2, 0.25) is 5.02 Å². The Kier molecular flexibility index (Phi) is 4.32. The van der Waals surface area contributed by atoms with Gasteiger partial charge in [-0.3, -0.25) is 4.79 Å². The molecule has 1 heterocycles. The average molecular weight is 292 g/mol. The molecule has 0 amide bonds. The van der Waals surface area contributed by atoms with Crippen LogP contribution in [0.15, 0.2) is 48.8 Å². The summed E-state index contributed by atoms with van der Waals surface area (Å²) in [7, 11) is 0. The summed E-state index contributed by atoms with van der Waals surface area (Å²) in [5.74, 6) is -0.988. The lowest BCUT2D eigenvalue weighted by molar-refractivity contribution is -0.605. The molecule has 1 aromatic carbocycles. The van der Waals surface area contributed by atoms with Crippen LogP contribution >= 0.6 is 11.6 Å². The molecule has 0 N–H and O–H groups in total. The van der Waals surface area contributed by atoms with E-state index in [1.165, 1.54) is 24.5 Å². The molecule has 0 spiro atoms. The van der Waals surface area contributed by atoms with Gasteiger partial charge in [-0.1, -0.05) is 11.6 Å². The largest absolute Gasteiger partial charge is 0.619 e. The zero-order valence-electron chi connectivity index (χ0n) is 10.3. The van der Waals surface area contributed by atoms with Gasteiger partial charge in [0, 0.05) is 22.7 Å². The van der Waals surface area contributed by atoms with Gasteiger partial charge in [-0.15, -0.1) is 0 Å². The minimum absolute atomic E-state index is 0.209. The van der Waals surface area contributed by atoms with Crippen LogP contribution in [0.1, 0.15) is 20.7 Å². The van der Waals surface area contributed by atoms with Gasteiger partial charge in [0.25, 0.3) is 0 Å². The highest BCUT2D eigenvalue weighted by Gasteiger charge is 2.12. The number of halogens is 1. The first kappa shape index (κ1) is 14.0. The number of carbonyl (C=O) groups is 2. The molecule has 5 nitrogen and oxygen atoms in total. The summed E-state index contributed by atoms with van der Waals surface area (Å²) in [6.45, 7) is -0.368. The van der Waals surface area contributed by atoms with Gasteiger partial charge < -0.3 is 9.94 Å². The van der Waals surface area contributed by atoms with Crippen molar-refractivity contribution in [1.29, 1.82) is 0 Å². The van der Waals surface area contributed by atoms with Crippen LogP contribution in [0.5, 0.6) is 0 Å². The van der Waals surface area contributed by atoms with Crippen molar-refractivity contribution in [2.45, 2.75) is 0 Å². The van der Waals surface area contributed by atoms with Gasteiger partial charge in [-0.25, -0.2) is 4.79 Å². The van der Waals surface area contributed by atoms with E-state index in [2.05, 4.69) is 0 Å². The zero-order valence-corrected chi connectivity index (χ0v) is 11.0. The third-order valence-electron chi connectivity index (χ3n) is 2.54. The van der Waals surface area contributed by atoms with Crippen LogP contribution < -0.4 is 4.73 Å². The summed E-state index contributed by atoms with van der Waals surface area (Å²) in [5.41, 5.74) is 0.619. The van der Waals surface area contributed by atoms with E-state index in [1.54, 1.807) is 24.3 Å². The standard InChI is InChI=1S/C14H10ClNO4/c15-12-3-1-10(2-4-12)13(17)9-20-14(18)11-5-7-16(19)8-6-11/h1-8H,9H2. The monoisotopic (exact) mass is 291 g/mol. The third kappa shape index (κ3) is 3.55. The molecule has 2 aromatic rings. The number of pyridine rings is 1. The Morgan fingerprint density at radius 1 is 1.05 bits per heavy atom. The molecular weight excluding hydrogens is 282 g/mol. The van der Waals surface area contributed by atoms with Crippen molar-refractivity contribution in [3.05, 3.63) is 70.1 Å². The minimum Gasteiger partial charge on any atom is -0.619 e. The number of benzene rings is 1. The normalized spacial score (nSPS) is 10.1. The molecule has 2 rings (SSSR count). The molecule has 0 unspecified atom stereocenters. The summed E-state index contributed by atoms with van der Waals surface area (Å²) in [6.07, 6.45) is 2.36. The van der Waals surface area contributed by atoms with E-state index in [4.69, 9.17) is 16.3 Å². The van der Waals surface area contributed by atoms with Gasteiger partial charge in [-0.05, 0) is 24.3 Å². The molecule has 0 aliphatic rings. The molecule has 0 saturated carbocycles. The number of ether oxygens (including phenoxy) is 1. The van der Waals surface area contributed by atoms with E-state index >= 15 is 0 Å². The van der Waals surface area contributed by atoms with Crippen LogP contribution in [0.3, 0.4) is 0 Å². The number of hydrogen-bond donors (Lipinski definition) is 0. The Balaban J connectivity index is 1.94. The number of carbonyl (C=O) groups excluding carboxylic acids is 2. The van der Waals surface area contributed by atoms with Gasteiger partial charge in [0.2, 0.25) is 0 Å². The van der Waals surface area contributed by atoms with Gasteiger partial charge in [0.1, 0.15) is 0 Å². The first-order chi connectivity index (χ1) is 9.56. The number of hydrogen-bond acceptors (Lipinski definition) is 4. The van der Waals surface area contributed by atoms with Crippen LogP contribution in [0, 0.1) is 5.21 Å². The molecule has 6 heteroatoms. The predicted molar refractivity (Wildman–Crippen MR) is 71.5 cm³/mol. The topological polar surface area (TPSA) is 70.3 Å². The minimum atomic E-state index is -0.659. The predicted octanol–water partition coefficient (Wildman–Crippen LogP) is 2.01. The maximum Gasteiger partial charge on any atom is 0.339 e. The Morgan fingerprint density at radius 3 is 2.25 bits per heavy atom. The molecule has 102 valence electrons. The van der Waals surface area contributed by atoms with E-state index in [0.717, 1.165) is 0 Å². The second-order valence-corrected chi connectivity index (χ2v) is 4.39. The van der Waals surface area contributed by atoms with Crippen molar-refractivity contribution in [3.63, 3.8) is 0 Å². The lowest BCUT2D eigenvalue weighted by Gasteiger charge is -2.04. The van der Waals surface area contributed by atoms with E-state index in [-0.39, 0.29) is 18.0 Å². The lowest BCUT2D eigenvalue weighted by atomic mass is 10.1. The molecule has 1 aromatic heterocycles. The summed E-state index contributed by atoms with van der Waals surface area (Å²) >= 11 is 5.71. The van der Waals surface area contributed by atoms with Crippen LogP contribution in [0.25, 0.3) is 0 Å². The molecule has 0 aliphatic heterocycles. The summed E-state index contributed by atoms with van der Waals surface area (Å²) in [6, 6.07) is 8.93. The fourth-order valence-corrected chi connectivity index (χ4v) is 1.61. The molecule has 0 atom stereocenters. The van der Waals surface area contributed by atoms with E-state index in [0.29, 0.717) is 15.3 Å². The van der Waals surface area contributed by atoms with Crippen molar-refractivity contribution >= 4 is 23.4 Å². The van der Waals surface area contributed by atoms with Crippen molar-refractivity contribution in [1.82, 2.24) is 0 Å². The highest BCUT2D eigenvalue weighted by atomic mass is 35.5. The first-order valence-electron chi connectivity index (χ1n) is 5.71. The summed E-state index contributed by atoms with van der Waals surface area (Å²) in [4.78, 5) is 23.4. The average Bonchev–Trinajstić information content (AvgIpc) is 2.46. The van der Waals surface area contributed by atoms with Gasteiger partial charge in [-0.2, -0.15) is 4.73 Å². The van der Waals surface area contributed by atoms with E-state index < -0.39 is 5.97 Å². The second kappa shape index (κ2) is 6.16. The van der Waals surface area contributed by atoms with Gasteiger partial charge in [0.05, 0.1) is 5.56 Å². The molecular formula is C14H10ClNO4. The third-order valence-corrected chi connectivity index (χ3v) is 2.79. The highest BCUT2D eigenvalue weighted by Crippen LogP contribution is 2.10. The van der Waals surface area contributed by atoms with Crippen LogP contribution in [0.4, 0.5) is 0 Å². The molecule has 0 bridgehead atoms. The smallest absolute Gasteiger partial charge is 0.339 e. The summed E-state index contributed by atoms with van der Waals surface area (Å²) < 4.78 is 5.43. The SMILES string of the molecule is O=C(COC(=O)c1cc[n+]([O-])cc1)c1ccc(Cl)cc1. The number of Topliss-reactive ketones (excluding diaryl/α,β-unsaturated/α-hetero) is 1. The van der Waals surface area contributed by atoms with Crippen molar-refractivity contribution in [2.24, 2.45) is 0 Å². The van der Waals surface area contributed by atoms with Crippen LogP contribution in [-0.4, -0.2) is 18.4 Å². The molecule has 0 radical (unpaired) electrons. The Morgan fingerprint density at radius 2 is 1.65 bits per heavy atom. The maximum absolute atomic E-state index is 11.8. The Bertz CT molecular complexity index is 565. The Hall–Kier alpha value is -2.40. The van der Waals surface area contributed by atoms with Crippen molar-refractivity contribution in [3.8, 4) is 0 Å². The molecule has 0 fully saturated rings. The summed E-state index contributed by atoms with van der Waals surface area (Å²) in [5, 5.41) is 11.3. The molecule has 0 saturated heterocycles. The number of aromatic nitrogens is 1. The Labute approximate surface area is 120 Å². The highest BCUT2D eigenvalue weighted by molar-refractivity contribution is 6.30. The van der Waals surface area contributed by atoms with Crippen LogP contribution in [-0.2, 0) is 4.74 Å². The second-order valence-electron chi connectivity index (χ2n) is 3.95. The van der Waals surface area contributed by atoms with Gasteiger partial charge in [0.15, 0.2) is 24.8 Å². The number of rotatable bonds is 4. The van der Waals surface area contributed by atoms with Crippen molar-refractivity contribution in [2.75, 3.05) is 6.61 Å². The fourth-order valence-electron chi connectivity index (χ4n) is 1.48. The van der Waals surface area contributed by atoms with Gasteiger partial charge >= 0.3 is 5.97 Å². The quantitative estimate of drug-likeness (QED) is 0.374. The number of ketones is 1. The zero-order chi connectivity index (χ0) is 14.5. The molecule has 0 aliphatic carbocycles. The number of esters is 1.